The Morgan fingerprint density at radius 3 is 2.64 bits per heavy atom. The van der Waals surface area contributed by atoms with Crippen LogP contribution in [0.15, 0.2) is 94.0 Å². The van der Waals surface area contributed by atoms with Gasteiger partial charge in [-0.25, -0.2) is 5.01 Å². The Balaban J connectivity index is 1.40. The molecule has 7 nitrogen and oxygen atoms in total. The van der Waals surface area contributed by atoms with Gasteiger partial charge in [0.1, 0.15) is 18.1 Å². The Morgan fingerprint density at radius 2 is 1.91 bits per heavy atom. The summed E-state index contributed by atoms with van der Waals surface area (Å²) in [6.45, 7) is 1.85. The number of furan rings is 1. The minimum absolute atomic E-state index is 0.132. The molecule has 0 spiro atoms. The number of carbonyl (C=O) groups excluding carboxylic acids is 1. The largest absolute Gasteiger partial charge is 0.467 e. The molecule has 2 aromatic carbocycles. The standard InChI is InChI=1S/C24H20ClN5O2S/c1-16(33-24-27-26-15-29(24)19-6-3-2-4-7-19)23(31)30-21(22-8-5-13-32-22)14-20(28-30)17-9-11-18(25)12-10-17/h2-13,15-16,21H,14H2,1H3. The molecule has 2 aromatic heterocycles. The first-order valence-electron chi connectivity index (χ1n) is 10.4. The number of thioether (sulfide) groups is 1. The van der Waals surface area contributed by atoms with E-state index in [9.17, 15) is 4.79 Å². The lowest BCUT2D eigenvalue weighted by molar-refractivity contribution is -0.132. The highest BCUT2D eigenvalue weighted by atomic mass is 35.5. The minimum Gasteiger partial charge on any atom is -0.467 e. The molecule has 0 aliphatic carbocycles. The average Bonchev–Trinajstić information content (AvgIpc) is 3.60. The molecule has 9 heteroatoms. The third kappa shape index (κ3) is 4.44. The maximum Gasteiger partial charge on any atom is 0.256 e. The Morgan fingerprint density at radius 1 is 1.12 bits per heavy atom. The number of amides is 1. The van der Waals surface area contributed by atoms with E-state index in [0.29, 0.717) is 22.4 Å². The molecule has 0 N–H and O–H groups in total. The molecule has 5 rings (SSSR count). The van der Waals surface area contributed by atoms with Crippen molar-refractivity contribution in [3.63, 3.8) is 0 Å². The van der Waals surface area contributed by atoms with Gasteiger partial charge in [0.2, 0.25) is 0 Å². The molecular formula is C24H20ClN5O2S. The van der Waals surface area contributed by atoms with Crippen LogP contribution in [0.3, 0.4) is 0 Å². The Labute approximate surface area is 200 Å². The summed E-state index contributed by atoms with van der Waals surface area (Å²) in [5, 5.41) is 15.3. The van der Waals surface area contributed by atoms with Crippen molar-refractivity contribution >= 4 is 35.0 Å². The second kappa shape index (κ2) is 9.25. The van der Waals surface area contributed by atoms with Crippen LogP contribution in [0.25, 0.3) is 5.69 Å². The van der Waals surface area contributed by atoms with Crippen LogP contribution in [0.2, 0.25) is 5.02 Å². The van der Waals surface area contributed by atoms with Gasteiger partial charge in [-0.3, -0.25) is 9.36 Å². The number of aromatic nitrogens is 3. The lowest BCUT2D eigenvalue weighted by Crippen LogP contribution is -2.33. The van der Waals surface area contributed by atoms with E-state index in [1.807, 2.05) is 78.2 Å². The number of para-hydroxylation sites is 1. The minimum atomic E-state index is -0.442. The number of halogens is 1. The van der Waals surface area contributed by atoms with Crippen molar-refractivity contribution in [1.82, 2.24) is 19.8 Å². The first kappa shape index (κ1) is 21.5. The number of nitrogens with zero attached hydrogens (tertiary/aromatic N) is 5. The van der Waals surface area contributed by atoms with Crippen molar-refractivity contribution in [2.75, 3.05) is 0 Å². The third-order valence-electron chi connectivity index (χ3n) is 5.37. The zero-order valence-electron chi connectivity index (χ0n) is 17.7. The summed E-state index contributed by atoms with van der Waals surface area (Å²) < 4.78 is 7.51. The molecule has 2 atom stereocenters. The normalized spacial score (nSPS) is 16.6. The van der Waals surface area contributed by atoms with Gasteiger partial charge in [-0.05, 0) is 48.9 Å². The van der Waals surface area contributed by atoms with E-state index < -0.39 is 5.25 Å². The molecule has 166 valence electrons. The van der Waals surface area contributed by atoms with Gasteiger partial charge in [-0.15, -0.1) is 10.2 Å². The van der Waals surface area contributed by atoms with Crippen molar-refractivity contribution in [3.05, 3.63) is 95.7 Å². The molecule has 1 aliphatic rings. The molecule has 1 aliphatic heterocycles. The zero-order valence-corrected chi connectivity index (χ0v) is 19.3. The quantitative estimate of drug-likeness (QED) is 0.349. The lowest BCUT2D eigenvalue weighted by atomic mass is 10.0. The van der Waals surface area contributed by atoms with Gasteiger partial charge >= 0.3 is 0 Å². The van der Waals surface area contributed by atoms with E-state index in [2.05, 4.69) is 10.2 Å². The lowest BCUT2D eigenvalue weighted by Gasteiger charge is -2.22. The molecule has 0 radical (unpaired) electrons. The highest BCUT2D eigenvalue weighted by Gasteiger charge is 2.37. The number of hydrogen-bond acceptors (Lipinski definition) is 6. The molecule has 33 heavy (non-hydrogen) atoms. The zero-order chi connectivity index (χ0) is 22.8. The summed E-state index contributed by atoms with van der Waals surface area (Å²) in [7, 11) is 0. The van der Waals surface area contributed by atoms with Crippen molar-refractivity contribution in [1.29, 1.82) is 0 Å². The Hall–Kier alpha value is -3.36. The van der Waals surface area contributed by atoms with Crippen LogP contribution in [0.4, 0.5) is 0 Å². The first-order valence-corrected chi connectivity index (χ1v) is 11.7. The van der Waals surface area contributed by atoms with E-state index >= 15 is 0 Å². The summed E-state index contributed by atoms with van der Waals surface area (Å²) in [6, 6.07) is 20.6. The molecule has 0 saturated heterocycles. The number of hydrogen-bond donors (Lipinski definition) is 0. The van der Waals surface area contributed by atoms with Crippen LogP contribution < -0.4 is 0 Å². The van der Waals surface area contributed by atoms with Gasteiger partial charge in [-0.1, -0.05) is 53.7 Å². The molecule has 4 aromatic rings. The van der Waals surface area contributed by atoms with Crippen LogP contribution in [0.1, 0.15) is 30.7 Å². The van der Waals surface area contributed by atoms with E-state index in [0.717, 1.165) is 17.0 Å². The second-order valence-corrected chi connectivity index (χ2v) is 9.30. The topological polar surface area (TPSA) is 76.5 Å². The molecule has 1 amide bonds. The van der Waals surface area contributed by atoms with Gasteiger partial charge in [-0.2, -0.15) is 5.10 Å². The Kier molecular flexibility index (Phi) is 6.02. The molecule has 3 heterocycles. The summed E-state index contributed by atoms with van der Waals surface area (Å²) in [6.07, 6.45) is 3.81. The van der Waals surface area contributed by atoms with Crippen LogP contribution in [0, 0.1) is 0 Å². The van der Waals surface area contributed by atoms with Gasteiger partial charge in [0, 0.05) is 17.1 Å². The number of carbonyl (C=O) groups is 1. The predicted molar refractivity (Wildman–Crippen MR) is 128 cm³/mol. The molecular weight excluding hydrogens is 458 g/mol. The maximum atomic E-state index is 13.5. The van der Waals surface area contributed by atoms with Crippen molar-refractivity contribution in [3.8, 4) is 5.69 Å². The van der Waals surface area contributed by atoms with Crippen molar-refractivity contribution in [2.45, 2.75) is 29.8 Å². The second-order valence-electron chi connectivity index (χ2n) is 7.55. The van der Waals surface area contributed by atoms with E-state index in [1.54, 1.807) is 12.6 Å². The highest BCUT2D eigenvalue weighted by Crippen LogP contribution is 2.36. The van der Waals surface area contributed by atoms with E-state index in [-0.39, 0.29) is 11.9 Å². The molecule has 0 saturated carbocycles. The van der Waals surface area contributed by atoms with Gasteiger partial charge in [0.25, 0.3) is 5.91 Å². The number of rotatable bonds is 6. The van der Waals surface area contributed by atoms with E-state index in [4.69, 9.17) is 21.1 Å². The summed E-state index contributed by atoms with van der Waals surface area (Å²) in [4.78, 5) is 13.5. The molecule has 0 bridgehead atoms. The Bertz CT molecular complexity index is 1270. The summed E-state index contributed by atoms with van der Waals surface area (Å²) in [5.41, 5.74) is 2.67. The summed E-state index contributed by atoms with van der Waals surface area (Å²) in [5.74, 6) is 0.564. The third-order valence-corrected chi connectivity index (χ3v) is 6.66. The van der Waals surface area contributed by atoms with Crippen LogP contribution >= 0.6 is 23.4 Å². The van der Waals surface area contributed by atoms with Crippen LogP contribution in [-0.2, 0) is 4.79 Å². The fourth-order valence-corrected chi connectivity index (χ4v) is 4.71. The average molecular weight is 478 g/mol. The number of benzene rings is 2. The highest BCUT2D eigenvalue weighted by molar-refractivity contribution is 8.00. The fraction of sp³-hybridized carbons (Fsp3) is 0.167. The van der Waals surface area contributed by atoms with Gasteiger partial charge in [0.15, 0.2) is 5.16 Å². The van der Waals surface area contributed by atoms with E-state index in [1.165, 1.54) is 16.8 Å². The van der Waals surface area contributed by atoms with Crippen LogP contribution in [-0.4, -0.2) is 36.6 Å². The first-order chi connectivity index (χ1) is 16.1. The smallest absolute Gasteiger partial charge is 0.256 e. The number of hydrazone groups is 1. The van der Waals surface area contributed by atoms with Crippen molar-refractivity contribution in [2.24, 2.45) is 5.10 Å². The predicted octanol–water partition coefficient (Wildman–Crippen LogP) is 5.37. The molecule has 0 fully saturated rings. The maximum absolute atomic E-state index is 13.5. The summed E-state index contributed by atoms with van der Waals surface area (Å²) >= 11 is 7.38. The molecule has 2 unspecified atom stereocenters. The monoisotopic (exact) mass is 477 g/mol. The SMILES string of the molecule is CC(Sc1nncn1-c1ccccc1)C(=O)N1N=C(c2ccc(Cl)cc2)CC1c1ccco1. The fourth-order valence-electron chi connectivity index (χ4n) is 3.70. The van der Waals surface area contributed by atoms with Crippen molar-refractivity contribution < 1.29 is 9.21 Å². The van der Waals surface area contributed by atoms with Crippen LogP contribution in [0.5, 0.6) is 0 Å². The van der Waals surface area contributed by atoms with Gasteiger partial charge < -0.3 is 4.42 Å². The van der Waals surface area contributed by atoms with Gasteiger partial charge in [0.05, 0.1) is 17.2 Å².